The molecule has 2 aromatic heterocycles. The Morgan fingerprint density at radius 3 is 2.50 bits per heavy atom. The number of halogens is 2. The van der Waals surface area contributed by atoms with Gasteiger partial charge in [0.1, 0.15) is 23.2 Å². The Balaban J connectivity index is 0.813. The van der Waals surface area contributed by atoms with Crippen molar-refractivity contribution in [3.8, 4) is 17.6 Å². The Labute approximate surface area is 388 Å². The summed E-state index contributed by atoms with van der Waals surface area (Å²) in [5, 5.41) is 28.8. The van der Waals surface area contributed by atoms with Gasteiger partial charge in [-0.3, -0.25) is 38.6 Å². The van der Waals surface area contributed by atoms with Crippen LogP contribution < -0.4 is 30.1 Å². The molecule has 9 rings (SSSR count). The summed E-state index contributed by atoms with van der Waals surface area (Å²) in [7, 11) is -1.02. The maximum Gasteiger partial charge on any atom is 0.329 e. The highest BCUT2D eigenvalue weighted by Crippen LogP contribution is 2.42. The Kier molecular flexibility index (Phi) is 12.1. The number of rotatable bonds is 11. The summed E-state index contributed by atoms with van der Waals surface area (Å²) in [5.74, 6) is -2.30. The van der Waals surface area contributed by atoms with Crippen LogP contribution in [0.1, 0.15) is 63.5 Å². The number of aliphatic hydroxyl groups is 1. The fourth-order valence-electron chi connectivity index (χ4n) is 9.50. The number of aryl methyl sites for hydroxylation is 1. The number of amides is 4. The average Bonchev–Trinajstić information content (AvgIpc) is 3.86. The summed E-state index contributed by atoms with van der Waals surface area (Å²) in [6.45, 7) is 3.46. The molecule has 68 heavy (non-hydrogen) atoms. The van der Waals surface area contributed by atoms with Crippen LogP contribution in [0.25, 0.3) is 21.8 Å². The van der Waals surface area contributed by atoms with Crippen molar-refractivity contribution in [1.82, 2.24) is 33.9 Å². The molecule has 23 heteroatoms. The lowest BCUT2D eigenvalue weighted by atomic mass is 9.85. The van der Waals surface area contributed by atoms with E-state index in [1.165, 1.54) is 47.1 Å². The zero-order valence-corrected chi connectivity index (χ0v) is 38.3. The van der Waals surface area contributed by atoms with Crippen molar-refractivity contribution in [3.63, 3.8) is 0 Å². The Morgan fingerprint density at radius 2 is 1.79 bits per heavy atom. The smallest absolute Gasteiger partial charge is 0.329 e. The van der Waals surface area contributed by atoms with E-state index in [0.29, 0.717) is 67.5 Å². The summed E-state index contributed by atoms with van der Waals surface area (Å²) in [5.41, 5.74) is -1.64. The number of carbonyl (C=O) groups excluding carboxylic acids is 3. The van der Waals surface area contributed by atoms with E-state index in [-0.39, 0.29) is 85.9 Å². The number of urea groups is 1. The minimum atomic E-state index is -4.05. The quantitative estimate of drug-likeness (QED) is 0.170. The third kappa shape index (κ3) is 8.68. The van der Waals surface area contributed by atoms with Crippen molar-refractivity contribution in [1.29, 1.82) is 5.26 Å². The molecule has 0 saturated carbocycles. The first-order valence-electron chi connectivity index (χ1n) is 22.2. The van der Waals surface area contributed by atoms with E-state index in [0.717, 1.165) is 16.4 Å². The lowest BCUT2D eigenvalue weighted by Gasteiger charge is -2.42. The monoisotopic (exact) mass is 957 g/mol. The zero-order valence-electron chi connectivity index (χ0n) is 37.5. The number of carbonyl (C=O) groups is 3. The van der Waals surface area contributed by atoms with E-state index < -0.39 is 55.9 Å². The van der Waals surface area contributed by atoms with Gasteiger partial charge in [-0.15, -0.1) is 0 Å². The highest BCUT2D eigenvalue weighted by atomic mass is 32.2. The molecule has 4 aliphatic heterocycles. The molecule has 3 N–H and O–H groups in total. The van der Waals surface area contributed by atoms with Crippen molar-refractivity contribution in [2.75, 3.05) is 67.4 Å². The van der Waals surface area contributed by atoms with Crippen LogP contribution in [0, 0.1) is 23.0 Å². The van der Waals surface area contributed by atoms with Gasteiger partial charge in [0, 0.05) is 65.2 Å². The van der Waals surface area contributed by atoms with E-state index in [1.807, 2.05) is 11.0 Å². The fraction of sp³-hybridized carbons (Fsp3) is 0.444. The number of hydrogen-bond acceptors (Lipinski definition) is 13. The summed E-state index contributed by atoms with van der Waals surface area (Å²) in [6, 6.07) is 10.3. The molecule has 6 heterocycles. The Bertz CT molecular complexity index is 3090. The first kappa shape index (κ1) is 46.4. The molecule has 0 bridgehead atoms. The van der Waals surface area contributed by atoms with Crippen LogP contribution in [0.15, 0.2) is 53.6 Å². The number of nitrogens with one attached hydrogen (secondary N) is 2. The van der Waals surface area contributed by atoms with Crippen LogP contribution in [0.2, 0.25) is 0 Å². The summed E-state index contributed by atoms with van der Waals surface area (Å²) >= 11 is 0. The van der Waals surface area contributed by atoms with Gasteiger partial charge in [-0.2, -0.15) is 23.1 Å². The molecule has 4 fully saturated rings. The van der Waals surface area contributed by atoms with E-state index in [1.54, 1.807) is 29.6 Å². The first-order valence-corrected chi connectivity index (χ1v) is 23.7. The highest BCUT2D eigenvalue weighted by Gasteiger charge is 2.45. The molecule has 1 atom stereocenters. The highest BCUT2D eigenvalue weighted by molar-refractivity contribution is 7.90. The molecule has 4 aliphatic rings. The second-order valence-electron chi connectivity index (χ2n) is 17.8. The summed E-state index contributed by atoms with van der Waals surface area (Å²) in [4.78, 5) is 61.2. The lowest BCUT2D eigenvalue weighted by Crippen LogP contribution is -2.51. The predicted octanol–water partition coefficient (Wildman–Crippen LogP) is 4.02. The number of hydrogen-bond donors (Lipinski definition) is 3. The standard InChI is InChI=1S/C45H49F2N11O9S/c1-4-53(2)68(64,65)52-35-8-6-32(46)40(31(35)24-48)67-28-5-7-34-29(19-28)42(61)58(26-49-34)27-22-45(66-25-27)12-17-56(18-13-45)39(60)23-44(63)10-15-55(16-11-44)37-21-36-30(20-33(37)47)41(51-54(36)3)57-14-9-38(59)50-43(57)62/h5-8,19-21,26-27,52,63H,4,9-18,22-23,25H2,1-3H3,(H,50,59,62). The van der Waals surface area contributed by atoms with Crippen LogP contribution in [0.5, 0.6) is 11.5 Å². The normalized spacial score (nSPS) is 19.5. The average molecular weight is 958 g/mol. The van der Waals surface area contributed by atoms with Crippen LogP contribution in [0.4, 0.5) is 30.8 Å². The van der Waals surface area contributed by atoms with Crippen molar-refractivity contribution in [3.05, 3.63) is 76.3 Å². The van der Waals surface area contributed by atoms with Crippen molar-refractivity contribution in [2.45, 2.75) is 69.1 Å². The number of benzene rings is 3. The Morgan fingerprint density at radius 1 is 1.04 bits per heavy atom. The minimum Gasteiger partial charge on any atom is -0.453 e. The second kappa shape index (κ2) is 17.7. The molecule has 5 aromatic rings. The molecular formula is C45H49F2N11O9S. The SMILES string of the molecule is CCN(C)S(=O)(=O)Nc1ccc(F)c(Oc2ccc3ncn(C4COC5(CCN(C(=O)CC6(O)CCN(c7cc8c(cc7F)c(N7CCC(=O)NC7=O)nn8C)CC6)CC5)C4)c(=O)c3c2)c1C#N. The largest absolute Gasteiger partial charge is 0.453 e. The summed E-state index contributed by atoms with van der Waals surface area (Å²) < 4.78 is 74.8. The van der Waals surface area contributed by atoms with Crippen LogP contribution in [0.3, 0.4) is 0 Å². The number of imide groups is 1. The van der Waals surface area contributed by atoms with Gasteiger partial charge in [0.05, 0.1) is 64.4 Å². The third-order valence-electron chi connectivity index (χ3n) is 13.6. The number of aromatic nitrogens is 4. The number of ether oxygens (including phenoxy) is 2. The topological polar surface area (TPSA) is 238 Å². The number of piperidine rings is 2. The van der Waals surface area contributed by atoms with Gasteiger partial charge in [-0.05, 0) is 74.6 Å². The van der Waals surface area contributed by atoms with Gasteiger partial charge in [0.2, 0.25) is 11.8 Å². The van der Waals surface area contributed by atoms with E-state index in [4.69, 9.17) is 9.47 Å². The van der Waals surface area contributed by atoms with Crippen LogP contribution in [-0.4, -0.2) is 124 Å². The number of nitriles is 1. The van der Waals surface area contributed by atoms with Crippen molar-refractivity contribution >= 4 is 67.1 Å². The molecule has 20 nitrogen and oxygen atoms in total. The first-order chi connectivity index (χ1) is 32.4. The second-order valence-corrected chi connectivity index (χ2v) is 19.6. The van der Waals surface area contributed by atoms with E-state index in [9.17, 15) is 38.0 Å². The van der Waals surface area contributed by atoms with E-state index >= 15 is 8.78 Å². The Hall–Kier alpha value is -6.74. The number of anilines is 3. The predicted molar refractivity (Wildman–Crippen MR) is 243 cm³/mol. The maximum atomic E-state index is 15.7. The number of fused-ring (bicyclic) bond motifs is 2. The van der Waals surface area contributed by atoms with Gasteiger partial charge in [-0.25, -0.2) is 18.6 Å². The van der Waals surface area contributed by atoms with Crippen LogP contribution >= 0.6 is 0 Å². The minimum absolute atomic E-state index is 0.0141. The molecule has 3 aromatic carbocycles. The van der Waals surface area contributed by atoms with Gasteiger partial charge in [0.15, 0.2) is 17.4 Å². The molecule has 0 radical (unpaired) electrons. The zero-order chi connectivity index (χ0) is 48.3. The van der Waals surface area contributed by atoms with Crippen molar-refractivity contribution < 1.29 is 46.2 Å². The molecule has 358 valence electrons. The number of likely N-dealkylation sites (tertiary alicyclic amines) is 1. The van der Waals surface area contributed by atoms with Gasteiger partial charge >= 0.3 is 16.2 Å². The maximum absolute atomic E-state index is 15.7. The van der Waals surface area contributed by atoms with Crippen molar-refractivity contribution in [2.24, 2.45) is 7.05 Å². The molecule has 4 saturated heterocycles. The molecular weight excluding hydrogens is 909 g/mol. The van der Waals surface area contributed by atoms with E-state index in [2.05, 4.69) is 20.1 Å². The molecule has 1 unspecified atom stereocenters. The third-order valence-corrected chi connectivity index (χ3v) is 15.2. The lowest BCUT2D eigenvalue weighted by molar-refractivity contribution is -0.142. The van der Waals surface area contributed by atoms with Crippen LogP contribution in [-0.2, 0) is 31.6 Å². The summed E-state index contributed by atoms with van der Waals surface area (Å²) in [6.07, 6.45) is 3.39. The molecule has 1 spiro atoms. The molecule has 0 aliphatic carbocycles. The number of nitrogens with zero attached hydrogens (tertiary/aromatic N) is 9. The molecule has 4 amide bonds. The fourth-order valence-corrected chi connectivity index (χ4v) is 10.4. The van der Waals surface area contributed by atoms with Gasteiger partial charge in [-0.1, -0.05) is 6.92 Å². The van der Waals surface area contributed by atoms with Gasteiger partial charge < -0.3 is 24.4 Å². The van der Waals surface area contributed by atoms with Gasteiger partial charge in [0.25, 0.3) is 5.56 Å².